The van der Waals surface area contributed by atoms with Gasteiger partial charge in [-0.1, -0.05) is 0 Å². The molecule has 32 nitrogen and oxygen atoms in total. The molecule has 6 fully saturated rings. The fourth-order valence-corrected chi connectivity index (χ4v) is 9.06. The van der Waals surface area contributed by atoms with Gasteiger partial charge in [-0.15, -0.1) is 0 Å². The van der Waals surface area contributed by atoms with Gasteiger partial charge in [-0.2, -0.15) is 0 Å². The average Bonchev–Trinajstić information content (AvgIpc) is 3.34. The first kappa shape index (κ1) is 59.1. The fraction of sp³-hybridized carbons (Fsp3) is 0.950. The number of hydrogen-bond acceptors (Lipinski definition) is 30. The first-order chi connectivity index (χ1) is 33.9. The molecule has 0 aliphatic carbocycles. The lowest BCUT2D eigenvalue weighted by atomic mass is 9.94. The molecular weight excluding hydrogens is 988 g/mol. The van der Waals surface area contributed by atoms with Gasteiger partial charge >= 0.3 is 0 Å². The van der Waals surface area contributed by atoms with E-state index in [0.29, 0.717) is 0 Å². The quantitative estimate of drug-likeness (QED) is 0.0643. The standard InChI is InChI=1S/C40H68N2O30/c1-9-19(48)25(54)28(57)37(64-9)63-8-16-33(23(52)17(35(61)65-16)41-10(2)46)70-36-18(42-11(3)47)24(53)32(14(6-45)68-36)71-40-31(60)34(72-39-30(59)27(56)21(50)13(5-44)67-39)22(51)15(69-40)7-62-38-29(58)26(55)20(49)12(4-43)66-38/h9,12-40,43-45,48-61H,4-8H2,1-3H3,(H,41,46)(H,42,47)/t9-,12?,13?,14?,15?,16?,17?,18?,19+,20?,21?,22?,23+,24+,25?,26-,27?,28?,29?,30?,31?,32?,33?,34-,35?,36?,37?,38?,39?,40?/m0/s1. The van der Waals surface area contributed by atoms with Crippen molar-refractivity contribution in [3.05, 3.63) is 0 Å². The second-order valence-corrected chi connectivity index (χ2v) is 18.3. The smallest absolute Gasteiger partial charge is 0.217 e. The zero-order chi connectivity index (χ0) is 53.2. The first-order valence-corrected chi connectivity index (χ1v) is 23.0. The van der Waals surface area contributed by atoms with Crippen molar-refractivity contribution >= 4 is 11.8 Å². The summed E-state index contributed by atoms with van der Waals surface area (Å²) in [6.07, 6.45) is -51.4. The highest BCUT2D eigenvalue weighted by atomic mass is 16.8. The summed E-state index contributed by atoms with van der Waals surface area (Å²) in [5.41, 5.74) is 0. The van der Waals surface area contributed by atoms with Gasteiger partial charge in [-0.3, -0.25) is 9.59 Å². The maximum atomic E-state index is 12.7. The third kappa shape index (κ3) is 12.8. The molecule has 2 amide bonds. The number of carbonyl (C=O) groups excluding carboxylic acids is 2. The van der Waals surface area contributed by atoms with Crippen LogP contribution in [0.4, 0.5) is 0 Å². The van der Waals surface area contributed by atoms with E-state index < -0.39 is 229 Å². The maximum absolute atomic E-state index is 12.7. The van der Waals surface area contributed by atoms with Crippen molar-refractivity contribution < 1.29 is 149 Å². The van der Waals surface area contributed by atoms with E-state index in [9.17, 15) is 96.4 Å². The highest BCUT2D eigenvalue weighted by Gasteiger charge is 2.57. The predicted octanol–water partition coefficient (Wildman–Crippen LogP) is -12.8. The molecule has 0 saturated carbocycles. The van der Waals surface area contributed by atoms with Crippen LogP contribution in [0.1, 0.15) is 20.8 Å². The van der Waals surface area contributed by atoms with Crippen LogP contribution in [0.25, 0.3) is 0 Å². The van der Waals surface area contributed by atoms with Crippen LogP contribution in [-0.2, 0) is 61.7 Å². The van der Waals surface area contributed by atoms with E-state index in [0.717, 1.165) is 13.8 Å². The third-order valence-electron chi connectivity index (χ3n) is 13.2. The topological polar surface area (TPSA) is 504 Å². The Morgan fingerprint density at radius 1 is 0.389 bits per heavy atom. The number of amides is 2. The Kier molecular flexibility index (Phi) is 20.8. The molecule has 0 bridgehead atoms. The minimum atomic E-state index is -2.23. The molecule has 0 aromatic rings. The molecule has 0 aromatic carbocycles. The summed E-state index contributed by atoms with van der Waals surface area (Å²) >= 11 is 0. The molecule has 24 unspecified atom stereocenters. The van der Waals surface area contributed by atoms with E-state index in [-0.39, 0.29) is 0 Å². The van der Waals surface area contributed by atoms with E-state index in [1.165, 1.54) is 6.92 Å². The summed E-state index contributed by atoms with van der Waals surface area (Å²) in [6.45, 7) is -1.00. The number of carbonyl (C=O) groups is 2. The lowest BCUT2D eigenvalue weighted by Crippen LogP contribution is -2.70. The Labute approximate surface area is 408 Å². The van der Waals surface area contributed by atoms with Crippen molar-refractivity contribution in [1.29, 1.82) is 0 Å². The number of nitrogens with one attached hydrogen (secondary N) is 2. The van der Waals surface area contributed by atoms with Crippen molar-refractivity contribution in [2.24, 2.45) is 0 Å². The van der Waals surface area contributed by atoms with Gasteiger partial charge in [0.15, 0.2) is 37.7 Å². The van der Waals surface area contributed by atoms with E-state index in [4.69, 9.17) is 52.1 Å². The number of ether oxygens (including phenoxy) is 11. The van der Waals surface area contributed by atoms with Crippen molar-refractivity contribution in [3.63, 3.8) is 0 Å². The van der Waals surface area contributed by atoms with Gasteiger partial charge in [0.25, 0.3) is 0 Å². The Morgan fingerprint density at radius 3 is 1.35 bits per heavy atom. The van der Waals surface area contributed by atoms with Crippen LogP contribution < -0.4 is 10.6 Å². The van der Waals surface area contributed by atoms with Crippen LogP contribution in [0.2, 0.25) is 0 Å². The zero-order valence-corrected chi connectivity index (χ0v) is 38.8. The molecule has 72 heavy (non-hydrogen) atoms. The Morgan fingerprint density at radius 2 is 0.792 bits per heavy atom. The molecule has 0 radical (unpaired) electrons. The fourth-order valence-electron chi connectivity index (χ4n) is 9.06. The summed E-state index contributed by atoms with van der Waals surface area (Å²) in [4.78, 5) is 24.8. The van der Waals surface area contributed by atoms with Crippen molar-refractivity contribution in [2.75, 3.05) is 33.0 Å². The van der Waals surface area contributed by atoms with Gasteiger partial charge in [-0.25, -0.2) is 0 Å². The highest BCUT2D eigenvalue weighted by molar-refractivity contribution is 5.73. The molecule has 6 aliphatic heterocycles. The highest BCUT2D eigenvalue weighted by Crippen LogP contribution is 2.36. The number of aliphatic hydroxyl groups excluding tert-OH is 17. The van der Waals surface area contributed by atoms with Crippen molar-refractivity contribution in [1.82, 2.24) is 10.6 Å². The Hall–Kier alpha value is -2.18. The predicted molar refractivity (Wildman–Crippen MR) is 221 cm³/mol. The van der Waals surface area contributed by atoms with Crippen molar-refractivity contribution in [3.8, 4) is 0 Å². The SMILES string of the molecule is CC(=O)NC1C(O)OC(COC2O[C@@H](C)[C@@H](O)C(O)C2O)C(OC2OC(CO)C(OC3OC(COC4OC(CO)C(O)[C@H](O)C4O)C(O)[C@H](OC4OC(CO)C(O)C(O)C4O)C3O)[C@H](O)C2NC(C)=O)[C@@H]1O. The second kappa shape index (κ2) is 25.3. The van der Waals surface area contributed by atoms with Gasteiger partial charge in [0.2, 0.25) is 11.8 Å². The van der Waals surface area contributed by atoms with Crippen LogP contribution in [0.5, 0.6) is 0 Å². The molecule has 0 spiro atoms. The minimum absolute atomic E-state index is 0.728. The second-order valence-electron chi connectivity index (χ2n) is 18.3. The van der Waals surface area contributed by atoms with E-state index >= 15 is 0 Å². The summed E-state index contributed by atoms with van der Waals surface area (Å²) in [7, 11) is 0. The Balaban J connectivity index is 1.26. The molecule has 418 valence electrons. The minimum Gasteiger partial charge on any atom is -0.394 e. The van der Waals surface area contributed by atoms with Crippen LogP contribution in [0.15, 0.2) is 0 Å². The molecule has 6 aliphatic rings. The molecule has 30 atom stereocenters. The maximum Gasteiger partial charge on any atom is 0.217 e. The van der Waals surface area contributed by atoms with Gasteiger partial charge in [0, 0.05) is 13.8 Å². The lowest BCUT2D eigenvalue weighted by molar-refractivity contribution is -0.384. The molecule has 32 heteroatoms. The Bertz CT molecular complexity index is 1730. The molecule has 6 heterocycles. The summed E-state index contributed by atoms with van der Waals surface area (Å²) < 4.78 is 62.8. The molecule has 6 saturated heterocycles. The molecular formula is C40H68N2O30. The van der Waals surface area contributed by atoms with Gasteiger partial charge in [-0.05, 0) is 6.92 Å². The summed E-state index contributed by atoms with van der Waals surface area (Å²) in [5, 5.41) is 186. The van der Waals surface area contributed by atoms with E-state index in [1.807, 2.05) is 0 Å². The number of hydrogen-bond donors (Lipinski definition) is 19. The van der Waals surface area contributed by atoms with Crippen LogP contribution in [0.3, 0.4) is 0 Å². The average molecular weight is 1060 g/mol. The van der Waals surface area contributed by atoms with E-state index in [1.54, 1.807) is 0 Å². The number of aliphatic hydroxyl groups is 17. The van der Waals surface area contributed by atoms with Gasteiger partial charge < -0.3 is 150 Å². The van der Waals surface area contributed by atoms with Gasteiger partial charge in [0.05, 0.1) is 39.1 Å². The van der Waals surface area contributed by atoms with Crippen LogP contribution >= 0.6 is 0 Å². The van der Waals surface area contributed by atoms with Gasteiger partial charge in [0.1, 0.15) is 140 Å². The molecule has 0 aromatic heterocycles. The monoisotopic (exact) mass is 1060 g/mol. The van der Waals surface area contributed by atoms with Crippen molar-refractivity contribution in [2.45, 2.75) is 205 Å². The van der Waals surface area contributed by atoms with Crippen LogP contribution in [0, 0.1) is 0 Å². The normalized spacial score (nSPS) is 50.3. The molecule has 19 N–H and O–H groups in total. The first-order valence-electron chi connectivity index (χ1n) is 23.0. The zero-order valence-electron chi connectivity index (χ0n) is 38.8. The third-order valence-corrected chi connectivity index (χ3v) is 13.2. The molecule has 6 rings (SSSR count). The summed E-state index contributed by atoms with van der Waals surface area (Å²) in [5.74, 6) is -1.60. The summed E-state index contributed by atoms with van der Waals surface area (Å²) in [6, 6.07) is -3.40. The largest absolute Gasteiger partial charge is 0.394 e. The van der Waals surface area contributed by atoms with E-state index in [2.05, 4.69) is 10.6 Å². The number of rotatable bonds is 17. The lowest BCUT2D eigenvalue weighted by Gasteiger charge is -2.50. The van der Waals surface area contributed by atoms with Crippen LogP contribution in [-0.4, -0.2) is 316 Å².